The van der Waals surface area contributed by atoms with Crippen LogP contribution in [-0.4, -0.2) is 20.7 Å². The maximum atomic E-state index is 12.5. The predicted molar refractivity (Wildman–Crippen MR) is 83.7 cm³/mol. The van der Waals surface area contributed by atoms with E-state index in [1.807, 2.05) is 0 Å². The Bertz CT molecular complexity index is 461. The van der Waals surface area contributed by atoms with Crippen LogP contribution >= 0.6 is 11.3 Å². The molecule has 0 bridgehead atoms. The first-order valence-electron chi connectivity index (χ1n) is 7.07. The number of ether oxygens (including phenoxy) is 1. The Kier molecular flexibility index (Phi) is 4.21. The monoisotopic (exact) mass is 296 g/mol. The highest BCUT2D eigenvalue weighted by molar-refractivity contribution is 7.10. The lowest BCUT2D eigenvalue weighted by Crippen LogP contribution is -2.37. The summed E-state index contributed by atoms with van der Waals surface area (Å²) in [5, 5.41) is 2.10. The quantitative estimate of drug-likeness (QED) is 0.614. The van der Waals surface area contributed by atoms with E-state index < -0.39 is 13.5 Å². The molecule has 1 aromatic heterocycles. The van der Waals surface area contributed by atoms with E-state index in [1.165, 1.54) is 10.4 Å². The van der Waals surface area contributed by atoms with E-state index in [0.29, 0.717) is 6.61 Å². The van der Waals surface area contributed by atoms with E-state index in [-0.39, 0.29) is 5.97 Å². The minimum Gasteiger partial charge on any atom is -0.465 e. The number of rotatable bonds is 4. The van der Waals surface area contributed by atoms with Crippen molar-refractivity contribution in [2.75, 3.05) is 6.61 Å². The molecule has 0 saturated heterocycles. The molecule has 2 nitrogen and oxygen atoms in total. The Morgan fingerprint density at radius 3 is 2.89 bits per heavy atom. The molecule has 1 heterocycles. The minimum atomic E-state index is -1.13. The van der Waals surface area contributed by atoms with Gasteiger partial charge < -0.3 is 4.74 Å². The van der Waals surface area contributed by atoms with Crippen molar-refractivity contribution in [3.05, 3.63) is 21.9 Å². The molecular formula is C15H24O2SSi. The van der Waals surface area contributed by atoms with Gasteiger partial charge in [0.25, 0.3) is 0 Å². The highest BCUT2D eigenvalue weighted by atomic mass is 32.1. The maximum absolute atomic E-state index is 12.5. The molecule has 106 valence electrons. The van der Waals surface area contributed by atoms with Crippen molar-refractivity contribution in [2.24, 2.45) is 0 Å². The zero-order chi connectivity index (χ0) is 14.1. The maximum Gasteiger partial charge on any atom is 0.316 e. The molecule has 0 N–H and O–H groups in total. The Balaban J connectivity index is 2.04. The van der Waals surface area contributed by atoms with Crippen LogP contribution in [0.25, 0.3) is 0 Å². The first-order chi connectivity index (χ1) is 8.83. The third-order valence-corrected chi connectivity index (χ3v) is 6.64. The molecule has 1 aromatic rings. The summed E-state index contributed by atoms with van der Waals surface area (Å²) >= 11 is 1.77. The molecule has 0 aromatic carbocycles. The van der Waals surface area contributed by atoms with E-state index in [2.05, 4.69) is 38.0 Å². The molecule has 0 radical (unpaired) electrons. The van der Waals surface area contributed by atoms with Crippen LogP contribution in [0.2, 0.25) is 25.7 Å². The summed E-state index contributed by atoms with van der Waals surface area (Å²) in [6.07, 6.45) is 3.13. The van der Waals surface area contributed by atoms with Gasteiger partial charge in [0.1, 0.15) is 0 Å². The number of carbonyl (C=O) groups excluding carboxylic acids is 1. The number of thiophene rings is 1. The second kappa shape index (κ2) is 5.41. The second-order valence-electron chi connectivity index (χ2n) is 6.89. The molecule has 0 amide bonds. The van der Waals surface area contributed by atoms with Crippen LogP contribution in [-0.2, 0) is 21.4 Å². The fourth-order valence-electron chi connectivity index (χ4n) is 2.58. The number of aryl methyl sites for hydroxylation is 1. The van der Waals surface area contributed by atoms with Crippen LogP contribution in [0.4, 0.5) is 0 Å². The third kappa shape index (κ3) is 3.29. The fourth-order valence-corrected chi connectivity index (χ4v) is 4.35. The van der Waals surface area contributed by atoms with Crippen LogP contribution in [0.1, 0.15) is 30.2 Å². The molecule has 4 heteroatoms. The summed E-state index contributed by atoms with van der Waals surface area (Å²) in [6, 6.07) is 3.16. The van der Waals surface area contributed by atoms with Crippen LogP contribution < -0.4 is 0 Å². The molecule has 0 spiro atoms. The molecule has 2 rings (SSSR count). The zero-order valence-corrected chi connectivity index (χ0v) is 14.2. The molecule has 1 atom stereocenters. The van der Waals surface area contributed by atoms with E-state index in [4.69, 9.17) is 4.74 Å². The third-order valence-electron chi connectivity index (χ3n) is 3.96. The van der Waals surface area contributed by atoms with Gasteiger partial charge in [0.15, 0.2) is 0 Å². The number of fused-ring (bicyclic) bond motifs is 1. The molecule has 19 heavy (non-hydrogen) atoms. The van der Waals surface area contributed by atoms with Crippen molar-refractivity contribution >= 4 is 25.4 Å². The average molecular weight is 297 g/mol. The van der Waals surface area contributed by atoms with E-state index in [9.17, 15) is 4.79 Å². The lowest BCUT2D eigenvalue weighted by Gasteiger charge is -2.32. The van der Waals surface area contributed by atoms with Crippen molar-refractivity contribution in [3.8, 4) is 0 Å². The van der Waals surface area contributed by atoms with Crippen molar-refractivity contribution in [2.45, 2.75) is 57.3 Å². The highest BCUT2D eigenvalue weighted by Crippen LogP contribution is 2.40. The van der Waals surface area contributed by atoms with Gasteiger partial charge in [0.2, 0.25) is 0 Å². The van der Waals surface area contributed by atoms with Crippen LogP contribution in [0.3, 0.4) is 0 Å². The Morgan fingerprint density at radius 2 is 2.21 bits per heavy atom. The predicted octanol–water partition coefficient (Wildman–Crippen LogP) is 4.22. The van der Waals surface area contributed by atoms with Gasteiger partial charge in [-0.15, -0.1) is 11.3 Å². The molecule has 0 saturated carbocycles. The number of hydrogen-bond acceptors (Lipinski definition) is 3. The molecular weight excluding hydrogens is 272 g/mol. The van der Waals surface area contributed by atoms with Gasteiger partial charge in [0, 0.05) is 13.0 Å². The zero-order valence-electron chi connectivity index (χ0n) is 12.4. The summed E-state index contributed by atoms with van der Waals surface area (Å²) in [5.41, 5.74) is 0.800. The SMILES string of the molecule is CC1(C(=O)OCC[Si](C)(C)C)CCCc2sccc21. The van der Waals surface area contributed by atoms with Crippen molar-refractivity contribution in [1.82, 2.24) is 0 Å². The molecule has 0 aliphatic heterocycles. The molecule has 1 aliphatic carbocycles. The van der Waals surface area contributed by atoms with Gasteiger partial charge in [-0.2, -0.15) is 0 Å². The van der Waals surface area contributed by atoms with Gasteiger partial charge in [-0.25, -0.2) is 0 Å². The van der Waals surface area contributed by atoms with Crippen molar-refractivity contribution in [1.29, 1.82) is 0 Å². The Morgan fingerprint density at radius 1 is 1.47 bits per heavy atom. The van der Waals surface area contributed by atoms with E-state index in [1.54, 1.807) is 11.3 Å². The Labute approximate surface area is 121 Å². The minimum absolute atomic E-state index is 0.0231. The summed E-state index contributed by atoms with van der Waals surface area (Å²) in [5.74, 6) is -0.0231. The molecule has 1 unspecified atom stereocenters. The van der Waals surface area contributed by atoms with Gasteiger partial charge in [-0.1, -0.05) is 19.6 Å². The van der Waals surface area contributed by atoms with Crippen molar-refractivity contribution in [3.63, 3.8) is 0 Å². The van der Waals surface area contributed by atoms with Crippen molar-refractivity contribution < 1.29 is 9.53 Å². The van der Waals surface area contributed by atoms with Crippen LogP contribution in [0.15, 0.2) is 11.4 Å². The summed E-state index contributed by atoms with van der Waals surface area (Å²) in [7, 11) is -1.13. The summed E-state index contributed by atoms with van der Waals surface area (Å²) < 4.78 is 5.59. The lowest BCUT2D eigenvalue weighted by atomic mass is 9.74. The molecule has 1 aliphatic rings. The summed E-state index contributed by atoms with van der Waals surface area (Å²) in [4.78, 5) is 13.8. The van der Waals surface area contributed by atoms with Crippen LogP contribution in [0, 0.1) is 0 Å². The second-order valence-corrected chi connectivity index (χ2v) is 13.5. The van der Waals surface area contributed by atoms with Crippen LogP contribution in [0.5, 0.6) is 0 Å². The lowest BCUT2D eigenvalue weighted by molar-refractivity contribution is -0.150. The van der Waals surface area contributed by atoms with Gasteiger partial charge in [-0.3, -0.25) is 4.79 Å². The number of esters is 1. The fraction of sp³-hybridized carbons (Fsp3) is 0.667. The molecule has 0 fully saturated rings. The Hall–Kier alpha value is -0.613. The van der Waals surface area contributed by atoms with E-state index >= 15 is 0 Å². The highest BCUT2D eigenvalue weighted by Gasteiger charge is 2.41. The average Bonchev–Trinajstić information content (AvgIpc) is 2.77. The number of carbonyl (C=O) groups is 1. The first-order valence-corrected chi connectivity index (χ1v) is 11.7. The van der Waals surface area contributed by atoms with E-state index in [0.717, 1.165) is 25.3 Å². The standard InChI is InChI=1S/C15H24O2SSi/c1-15(14(16)17-9-11-19(2,3)4)8-5-6-13-12(15)7-10-18-13/h7,10H,5-6,8-9,11H2,1-4H3. The van der Waals surface area contributed by atoms with Gasteiger partial charge >= 0.3 is 5.97 Å². The smallest absolute Gasteiger partial charge is 0.316 e. The normalized spacial score (nSPS) is 22.9. The van der Waals surface area contributed by atoms with Gasteiger partial charge in [0.05, 0.1) is 12.0 Å². The van der Waals surface area contributed by atoms with Gasteiger partial charge in [-0.05, 0) is 49.2 Å². The topological polar surface area (TPSA) is 26.3 Å². The summed E-state index contributed by atoms with van der Waals surface area (Å²) in [6.45, 7) is 9.55. The number of hydrogen-bond donors (Lipinski definition) is 0. The largest absolute Gasteiger partial charge is 0.465 e. The first kappa shape index (κ1) is 14.8.